The Morgan fingerprint density at radius 3 is 2.79 bits per heavy atom. The van der Waals surface area contributed by atoms with Crippen molar-refractivity contribution in [1.29, 1.82) is 0 Å². The molecule has 0 amide bonds. The van der Waals surface area contributed by atoms with Crippen LogP contribution in [0.2, 0.25) is 0 Å². The predicted molar refractivity (Wildman–Crippen MR) is 55.6 cm³/mol. The summed E-state index contributed by atoms with van der Waals surface area (Å²) < 4.78 is 4.70. The van der Waals surface area contributed by atoms with Crippen LogP contribution in [0.15, 0.2) is 42.1 Å². The van der Waals surface area contributed by atoms with E-state index in [0.717, 1.165) is 5.56 Å². The third-order valence-corrected chi connectivity index (χ3v) is 1.54. The quantitative estimate of drug-likeness (QED) is 0.413. The Bertz CT molecular complexity index is 346. The molecule has 0 radical (unpaired) electrons. The van der Waals surface area contributed by atoms with Crippen LogP contribution in [0.4, 0.5) is 0 Å². The largest absolute Gasteiger partial charge is 0.462 e. The predicted octanol–water partition coefficient (Wildman–Crippen LogP) is 2.42. The van der Waals surface area contributed by atoms with Crippen LogP contribution >= 0.6 is 0 Å². The van der Waals surface area contributed by atoms with Gasteiger partial charge in [-0.15, -0.1) is 5.73 Å². The molecule has 0 aliphatic rings. The highest BCUT2D eigenvalue weighted by atomic mass is 16.5. The molecule has 0 saturated heterocycles. The molecule has 1 aromatic carbocycles. The first-order chi connectivity index (χ1) is 6.83. The van der Waals surface area contributed by atoms with Crippen LogP contribution < -0.4 is 0 Å². The molecule has 0 N–H and O–H groups in total. The zero-order valence-corrected chi connectivity index (χ0v) is 8.07. The molecule has 0 spiro atoms. The average molecular weight is 188 g/mol. The molecular weight excluding hydrogens is 176 g/mol. The molecule has 0 aliphatic heterocycles. The molecule has 2 nitrogen and oxygen atoms in total. The summed E-state index contributed by atoms with van der Waals surface area (Å²) in [5, 5.41) is 0. The molecule has 0 bridgehead atoms. The van der Waals surface area contributed by atoms with E-state index < -0.39 is 0 Å². The lowest BCUT2D eigenvalue weighted by atomic mass is 10.2. The average Bonchev–Trinajstić information content (AvgIpc) is 2.20. The molecule has 0 heterocycles. The lowest BCUT2D eigenvalue weighted by molar-refractivity contribution is -0.137. The van der Waals surface area contributed by atoms with Crippen molar-refractivity contribution < 1.29 is 9.53 Å². The van der Waals surface area contributed by atoms with Gasteiger partial charge in [-0.3, -0.25) is 0 Å². The van der Waals surface area contributed by atoms with E-state index in [1.54, 1.807) is 13.0 Å². The van der Waals surface area contributed by atoms with E-state index in [1.807, 2.05) is 30.3 Å². The van der Waals surface area contributed by atoms with Gasteiger partial charge in [-0.2, -0.15) is 0 Å². The first kappa shape index (κ1) is 10.3. The van der Waals surface area contributed by atoms with Crippen molar-refractivity contribution in [1.82, 2.24) is 0 Å². The number of hydrogen-bond acceptors (Lipinski definition) is 2. The van der Waals surface area contributed by atoms with E-state index >= 15 is 0 Å². The van der Waals surface area contributed by atoms with Crippen molar-refractivity contribution in [3.8, 4) is 0 Å². The zero-order valence-electron chi connectivity index (χ0n) is 8.07. The van der Waals surface area contributed by atoms with Gasteiger partial charge < -0.3 is 4.74 Å². The molecule has 0 saturated carbocycles. The van der Waals surface area contributed by atoms with E-state index in [-0.39, 0.29) is 5.97 Å². The van der Waals surface area contributed by atoms with E-state index in [0.29, 0.717) is 6.61 Å². The van der Waals surface area contributed by atoms with Gasteiger partial charge in [0.25, 0.3) is 0 Å². The van der Waals surface area contributed by atoms with Crippen LogP contribution in [0.3, 0.4) is 0 Å². The summed E-state index contributed by atoms with van der Waals surface area (Å²) in [6.45, 7) is 2.16. The maximum atomic E-state index is 10.9. The fraction of sp³-hybridized carbons (Fsp3) is 0.167. The monoisotopic (exact) mass is 188 g/mol. The van der Waals surface area contributed by atoms with Gasteiger partial charge >= 0.3 is 5.97 Å². The Morgan fingerprint density at radius 1 is 1.43 bits per heavy atom. The molecule has 14 heavy (non-hydrogen) atoms. The maximum absolute atomic E-state index is 10.9. The fourth-order valence-electron chi connectivity index (χ4n) is 0.939. The minimum Gasteiger partial charge on any atom is -0.462 e. The van der Waals surface area contributed by atoms with Crippen LogP contribution in [0, 0.1) is 0 Å². The summed E-state index contributed by atoms with van der Waals surface area (Å²) in [5.74, 6) is -0.361. The maximum Gasteiger partial charge on any atom is 0.338 e. The molecule has 0 aromatic heterocycles. The van der Waals surface area contributed by atoms with Gasteiger partial charge in [0.2, 0.25) is 0 Å². The topological polar surface area (TPSA) is 26.3 Å². The van der Waals surface area contributed by atoms with E-state index in [1.165, 1.54) is 6.08 Å². The van der Waals surface area contributed by atoms with Crippen molar-refractivity contribution in [2.45, 2.75) is 6.92 Å². The van der Waals surface area contributed by atoms with Crippen molar-refractivity contribution in [2.24, 2.45) is 0 Å². The highest BCUT2D eigenvalue weighted by Crippen LogP contribution is 1.99. The number of esters is 1. The molecule has 2 heteroatoms. The van der Waals surface area contributed by atoms with Gasteiger partial charge in [0.15, 0.2) is 0 Å². The van der Waals surface area contributed by atoms with Gasteiger partial charge in [0, 0.05) is 0 Å². The van der Waals surface area contributed by atoms with Crippen molar-refractivity contribution in [3.05, 3.63) is 47.7 Å². The molecule has 0 unspecified atom stereocenters. The first-order valence-electron chi connectivity index (χ1n) is 4.47. The number of rotatable bonds is 3. The molecular formula is C12H12O2. The number of hydrogen-bond donors (Lipinski definition) is 0. The van der Waals surface area contributed by atoms with Crippen molar-refractivity contribution in [2.75, 3.05) is 6.61 Å². The summed E-state index contributed by atoms with van der Waals surface area (Å²) in [7, 11) is 0. The van der Waals surface area contributed by atoms with Gasteiger partial charge in [0.1, 0.15) is 0 Å². The Balaban J connectivity index is 2.60. The standard InChI is InChI=1S/C12H12O2/c1-2-14-12(13)10-6-9-11-7-4-3-5-8-11/h3-5,7-10H,2H2,1H3. The lowest BCUT2D eigenvalue weighted by Gasteiger charge is -1.91. The highest BCUT2D eigenvalue weighted by Gasteiger charge is 1.90. The lowest BCUT2D eigenvalue weighted by Crippen LogP contribution is -1.97. The summed E-state index contributed by atoms with van der Waals surface area (Å²) >= 11 is 0. The van der Waals surface area contributed by atoms with Gasteiger partial charge in [-0.05, 0) is 18.6 Å². The fourth-order valence-corrected chi connectivity index (χ4v) is 0.939. The van der Waals surface area contributed by atoms with E-state index in [9.17, 15) is 4.79 Å². The third kappa shape index (κ3) is 3.74. The Labute approximate surface area is 83.5 Å². The number of carbonyl (C=O) groups is 1. The van der Waals surface area contributed by atoms with Crippen LogP contribution in [-0.4, -0.2) is 12.6 Å². The summed E-state index contributed by atoms with van der Waals surface area (Å²) in [6, 6.07) is 9.67. The second kappa shape index (κ2) is 5.79. The molecule has 1 aromatic rings. The smallest absolute Gasteiger partial charge is 0.338 e. The Morgan fingerprint density at radius 2 is 2.14 bits per heavy atom. The van der Waals surface area contributed by atoms with Crippen LogP contribution in [0.5, 0.6) is 0 Å². The summed E-state index contributed by atoms with van der Waals surface area (Å²) in [4.78, 5) is 10.9. The Kier molecular flexibility index (Phi) is 4.25. The summed E-state index contributed by atoms with van der Waals surface area (Å²) in [5.41, 5.74) is 3.77. The number of benzene rings is 1. The van der Waals surface area contributed by atoms with Crippen LogP contribution in [0.25, 0.3) is 6.08 Å². The SMILES string of the molecule is CCOC(=O)C=C=Cc1ccccc1. The summed E-state index contributed by atoms with van der Waals surface area (Å²) in [6.07, 6.45) is 3.02. The van der Waals surface area contributed by atoms with Crippen LogP contribution in [0.1, 0.15) is 12.5 Å². The first-order valence-corrected chi connectivity index (χ1v) is 4.47. The molecule has 72 valence electrons. The van der Waals surface area contributed by atoms with Crippen LogP contribution in [-0.2, 0) is 9.53 Å². The van der Waals surface area contributed by atoms with E-state index in [4.69, 9.17) is 4.74 Å². The second-order valence-corrected chi connectivity index (χ2v) is 2.62. The molecule has 0 atom stereocenters. The minimum absolute atomic E-state index is 0.361. The second-order valence-electron chi connectivity index (χ2n) is 2.62. The number of carbonyl (C=O) groups excluding carboxylic acids is 1. The zero-order chi connectivity index (χ0) is 10.2. The van der Waals surface area contributed by atoms with Crippen molar-refractivity contribution in [3.63, 3.8) is 0 Å². The minimum atomic E-state index is -0.361. The number of ether oxygens (including phenoxy) is 1. The van der Waals surface area contributed by atoms with Crippen molar-refractivity contribution >= 4 is 12.0 Å². The van der Waals surface area contributed by atoms with E-state index in [2.05, 4.69) is 5.73 Å². The highest BCUT2D eigenvalue weighted by molar-refractivity contribution is 5.82. The van der Waals surface area contributed by atoms with Gasteiger partial charge in [0.05, 0.1) is 12.7 Å². The molecule has 1 rings (SSSR count). The van der Waals surface area contributed by atoms with Gasteiger partial charge in [-0.25, -0.2) is 4.79 Å². The molecule has 0 aliphatic carbocycles. The molecule has 0 fully saturated rings. The Hall–Kier alpha value is -1.79. The normalized spacial score (nSPS) is 8.64. The third-order valence-electron chi connectivity index (χ3n) is 1.54. The van der Waals surface area contributed by atoms with Gasteiger partial charge in [-0.1, -0.05) is 30.3 Å².